The number of rotatable bonds is 2. The summed E-state index contributed by atoms with van der Waals surface area (Å²) in [5.41, 5.74) is 4.00. The first-order valence-electron chi connectivity index (χ1n) is 9.05. The van der Waals surface area contributed by atoms with E-state index < -0.39 is 0 Å². The molecule has 24 heavy (non-hydrogen) atoms. The van der Waals surface area contributed by atoms with Gasteiger partial charge in [-0.2, -0.15) is 0 Å². The van der Waals surface area contributed by atoms with Gasteiger partial charge in [0, 0.05) is 11.8 Å². The zero-order valence-electron chi connectivity index (χ0n) is 13.7. The summed E-state index contributed by atoms with van der Waals surface area (Å²) in [4.78, 5) is 27.5. The third-order valence-corrected chi connectivity index (χ3v) is 6.31. The Morgan fingerprint density at radius 1 is 0.875 bits per heavy atom. The molecular weight excluding hydrogens is 298 g/mol. The molecule has 0 unspecified atom stereocenters. The van der Waals surface area contributed by atoms with Crippen LogP contribution in [-0.4, -0.2) is 16.7 Å². The molecule has 0 aromatic heterocycles. The molecule has 3 aliphatic carbocycles. The molecule has 122 valence electrons. The lowest BCUT2D eigenvalue weighted by molar-refractivity contribution is -0.141. The molecule has 1 heterocycles. The SMILES string of the molecule is O=C1[C@@H]2[C@H](C(=O)N1Cc1ccccc1)[C@H]1C=C[C@@H]2C1=C1CCCC1. The lowest BCUT2D eigenvalue weighted by Crippen LogP contribution is -2.32. The van der Waals surface area contributed by atoms with Gasteiger partial charge in [0.15, 0.2) is 0 Å². The fourth-order valence-corrected chi connectivity index (χ4v) is 5.31. The maximum Gasteiger partial charge on any atom is 0.234 e. The van der Waals surface area contributed by atoms with Crippen molar-refractivity contribution < 1.29 is 9.59 Å². The second-order valence-corrected chi connectivity index (χ2v) is 7.50. The molecule has 1 aromatic rings. The van der Waals surface area contributed by atoms with Crippen LogP contribution in [0.15, 0.2) is 53.6 Å². The highest BCUT2D eigenvalue weighted by molar-refractivity contribution is 6.07. The van der Waals surface area contributed by atoms with Crippen molar-refractivity contribution in [2.24, 2.45) is 23.7 Å². The summed E-state index contributed by atoms with van der Waals surface area (Å²) in [7, 11) is 0. The summed E-state index contributed by atoms with van der Waals surface area (Å²) >= 11 is 0. The first-order valence-corrected chi connectivity index (χ1v) is 9.05. The Labute approximate surface area is 142 Å². The molecule has 2 saturated carbocycles. The topological polar surface area (TPSA) is 37.4 Å². The van der Waals surface area contributed by atoms with E-state index in [0.717, 1.165) is 5.56 Å². The summed E-state index contributed by atoms with van der Waals surface area (Å²) < 4.78 is 0. The molecule has 0 N–H and O–H groups in total. The number of amides is 2. The molecule has 0 radical (unpaired) electrons. The fraction of sp³-hybridized carbons (Fsp3) is 0.429. The minimum Gasteiger partial charge on any atom is -0.278 e. The molecule has 3 nitrogen and oxygen atoms in total. The molecule has 2 bridgehead atoms. The number of nitrogens with zero attached hydrogens (tertiary/aromatic N) is 1. The van der Waals surface area contributed by atoms with E-state index in [4.69, 9.17) is 0 Å². The molecule has 0 spiro atoms. The zero-order valence-corrected chi connectivity index (χ0v) is 13.7. The minimum absolute atomic E-state index is 0.0433. The van der Waals surface area contributed by atoms with Crippen molar-refractivity contribution in [3.63, 3.8) is 0 Å². The third-order valence-electron chi connectivity index (χ3n) is 6.31. The van der Waals surface area contributed by atoms with Crippen molar-refractivity contribution in [3.05, 3.63) is 59.2 Å². The molecule has 5 rings (SSSR count). The molecule has 1 aliphatic heterocycles. The Hall–Kier alpha value is -2.16. The fourth-order valence-electron chi connectivity index (χ4n) is 5.31. The lowest BCUT2D eigenvalue weighted by Gasteiger charge is -2.19. The number of benzene rings is 1. The summed E-state index contributed by atoms with van der Waals surface area (Å²) in [6.45, 7) is 0.414. The quantitative estimate of drug-likeness (QED) is 0.618. The average Bonchev–Trinajstić information content (AvgIpc) is 3.35. The number of hydrogen-bond acceptors (Lipinski definition) is 2. The number of allylic oxidation sites excluding steroid dienone is 4. The second-order valence-electron chi connectivity index (χ2n) is 7.50. The molecule has 1 aromatic carbocycles. The highest BCUT2D eigenvalue weighted by Gasteiger charge is 2.61. The van der Waals surface area contributed by atoms with Crippen LogP contribution in [0.3, 0.4) is 0 Å². The van der Waals surface area contributed by atoms with E-state index >= 15 is 0 Å². The summed E-state index contributed by atoms with van der Waals surface area (Å²) in [5, 5.41) is 0. The van der Waals surface area contributed by atoms with E-state index in [1.54, 1.807) is 5.57 Å². The second kappa shape index (κ2) is 5.17. The maximum absolute atomic E-state index is 13.0. The van der Waals surface area contributed by atoms with Crippen molar-refractivity contribution in [2.45, 2.75) is 32.2 Å². The van der Waals surface area contributed by atoms with Gasteiger partial charge in [0.2, 0.25) is 11.8 Å². The van der Waals surface area contributed by atoms with Crippen LogP contribution in [0.4, 0.5) is 0 Å². The number of carbonyl (C=O) groups excluding carboxylic acids is 2. The van der Waals surface area contributed by atoms with Gasteiger partial charge in [-0.25, -0.2) is 0 Å². The lowest BCUT2D eigenvalue weighted by atomic mass is 9.85. The number of likely N-dealkylation sites (tertiary alicyclic amines) is 1. The van der Waals surface area contributed by atoms with Gasteiger partial charge in [-0.3, -0.25) is 14.5 Å². The van der Waals surface area contributed by atoms with Gasteiger partial charge >= 0.3 is 0 Å². The Bertz CT molecular complexity index is 734. The van der Waals surface area contributed by atoms with E-state index in [0.29, 0.717) is 6.54 Å². The highest BCUT2D eigenvalue weighted by atomic mass is 16.2. The van der Waals surface area contributed by atoms with Gasteiger partial charge in [0.1, 0.15) is 0 Å². The van der Waals surface area contributed by atoms with Crippen LogP contribution in [-0.2, 0) is 16.1 Å². The number of imide groups is 1. The van der Waals surface area contributed by atoms with Crippen LogP contribution in [0, 0.1) is 23.7 Å². The van der Waals surface area contributed by atoms with Gasteiger partial charge in [-0.15, -0.1) is 0 Å². The predicted molar refractivity (Wildman–Crippen MR) is 90.6 cm³/mol. The van der Waals surface area contributed by atoms with Crippen molar-refractivity contribution in [2.75, 3.05) is 0 Å². The van der Waals surface area contributed by atoms with Crippen LogP contribution >= 0.6 is 0 Å². The zero-order chi connectivity index (χ0) is 16.3. The van der Waals surface area contributed by atoms with E-state index in [-0.39, 0.29) is 35.5 Å². The minimum atomic E-state index is -0.140. The maximum atomic E-state index is 13.0. The van der Waals surface area contributed by atoms with Gasteiger partial charge in [-0.1, -0.05) is 53.6 Å². The number of carbonyl (C=O) groups is 2. The molecular formula is C21H21NO2. The Morgan fingerprint density at radius 3 is 2.04 bits per heavy atom. The van der Waals surface area contributed by atoms with E-state index in [1.165, 1.54) is 36.2 Å². The third kappa shape index (κ3) is 1.84. The number of hydrogen-bond donors (Lipinski definition) is 0. The first kappa shape index (κ1) is 14.2. The van der Waals surface area contributed by atoms with Crippen molar-refractivity contribution in [3.8, 4) is 0 Å². The van der Waals surface area contributed by atoms with Gasteiger partial charge in [0.05, 0.1) is 18.4 Å². The smallest absolute Gasteiger partial charge is 0.234 e. The highest BCUT2D eigenvalue weighted by Crippen LogP contribution is 2.58. The number of fused-ring (bicyclic) bond motifs is 5. The van der Waals surface area contributed by atoms with Gasteiger partial charge in [0.25, 0.3) is 0 Å². The normalized spacial score (nSPS) is 33.9. The summed E-state index contributed by atoms with van der Waals surface area (Å²) in [6.07, 6.45) is 9.25. The van der Waals surface area contributed by atoms with Crippen LogP contribution < -0.4 is 0 Å². The van der Waals surface area contributed by atoms with Gasteiger partial charge in [-0.05, 0) is 31.2 Å². The predicted octanol–water partition coefficient (Wildman–Crippen LogP) is 3.47. The van der Waals surface area contributed by atoms with Crippen molar-refractivity contribution in [1.29, 1.82) is 0 Å². The van der Waals surface area contributed by atoms with Crippen molar-refractivity contribution in [1.82, 2.24) is 4.90 Å². The summed E-state index contributed by atoms with van der Waals surface area (Å²) in [6, 6.07) is 9.82. The molecule has 1 saturated heterocycles. The summed E-state index contributed by atoms with van der Waals surface area (Å²) in [5.74, 6) is 0.179. The molecule has 4 aliphatic rings. The van der Waals surface area contributed by atoms with E-state index in [9.17, 15) is 9.59 Å². The van der Waals surface area contributed by atoms with Crippen molar-refractivity contribution >= 4 is 11.8 Å². The van der Waals surface area contributed by atoms with Gasteiger partial charge < -0.3 is 0 Å². The van der Waals surface area contributed by atoms with E-state index in [2.05, 4.69) is 12.2 Å². The molecule has 2 amide bonds. The first-order chi connectivity index (χ1) is 11.8. The monoisotopic (exact) mass is 319 g/mol. The Kier molecular flexibility index (Phi) is 3.06. The molecule has 4 atom stereocenters. The Morgan fingerprint density at radius 2 is 1.46 bits per heavy atom. The van der Waals surface area contributed by atoms with Crippen LogP contribution in [0.5, 0.6) is 0 Å². The van der Waals surface area contributed by atoms with E-state index in [1.807, 2.05) is 30.3 Å². The Balaban J connectivity index is 1.47. The van der Waals surface area contributed by atoms with Crippen LogP contribution in [0.1, 0.15) is 31.2 Å². The largest absolute Gasteiger partial charge is 0.278 e. The standard InChI is InChI=1S/C21H21NO2/c23-20-18-15-10-11-16(17(15)14-8-4-5-9-14)19(18)21(24)22(20)12-13-6-2-1-3-7-13/h1-3,6-7,10-11,15-16,18-19H,4-5,8-9,12H2/t15-,16+,18+,19-. The molecule has 3 fully saturated rings. The van der Waals surface area contributed by atoms with Crippen LogP contribution in [0.25, 0.3) is 0 Å². The average molecular weight is 319 g/mol. The van der Waals surface area contributed by atoms with Crippen LogP contribution in [0.2, 0.25) is 0 Å². The molecule has 3 heteroatoms.